The molecule has 0 fully saturated rings. The molecule has 0 unspecified atom stereocenters. The summed E-state index contributed by atoms with van der Waals surface area (Å²) in [5.74, 6) is 2.13. The van der Waals surface area contributed by atoms with Gasteiger partial charge in [-0.25, -0.2) is 0 Å². The largest absolute Gasteiger partial charge is 0.486 e. The summed E-state index contributed by atoms with van der Waals surface area (Å²) >= 11 is 0. The summed E-state index contributed by atoms with van der Waals surface area (Å²) in [5, 5.41) is 14.4. The fraction of sp³-hybridized carbons (Fsp3) is 0.676. The Hall–Kier alpha value is -2.51. The van der Waals surface area contributed by atoms with Gasteiger partial charge in [0.25, 0.3) is 0 Å². The third kappa shape index (κ3) is 13.3. The molecule has 1 aliphatic heterocycles. The maximum atomic E-state index is 12.9. The molecule has 0 spiro atoms. The molecule has 3 rings (SSSR count). The molecule has 0 saturated heterocycles. The van der Waals surface area contributed by atoms with Crippen molar-refractivity contribution in [2.45, 2.75) is 123 Å². The number of ether oxygens (including phenoxy) is 2. The predicted octanol–water partition coefficient (Wildman–Crippen LogP) is 7.82. The second kappa shape index (κ2) is 20.4. The second-order valence-electron chi connectivity index (χ2n) is 11.3. The summed E-state index contributed by atoms with van der Waals surface area (Å²) < 4.78 is 16.8. The highest BCUT2D eigenvalue weighted by atomic mass is 16.6. The molecule has 2 N–H and O–H groups in total. The number of furan rings is 1. The average molecular weight is 573 g/mol. The van der Waals surface area contributed by atoms with Crippen LogP contribution in [0.15, 0.2) is 41.0 Å². The molecular weight excluding hydrogens is 516 g/mol. The molecule has 0 aliphatic carbocycles. The lowest BCUT2D eigenvalue weighted by atomic mass is 10.00. The van der Waals surface area contributed by atoms with E-state index in [1.807, 2.05) is 37.4 Å². The molecule has 0 radical (unpaired) electrons. The molecular formula is C34H56N2O5. The average Bonchev–Trinajstić information content (AvgIpc) is 3.47. The predicted molar refractivity (Wildman–Crippen MR) is 166 cm³/mol. The van der Waals surface area contributed by atoms with Gasteiger partial charge in [0.15, 0.2) is 11.5 Å². The molecule has 1 aliphatic rings. The van der Waals surface area contributed by atoms with Crippen molar-refractivity contribution in [1.29, 1.82) is 0 Å². The van der Waals surface area contributed by atoms with Crippen LogP contribution in [-0.2, 0) is 11.3 Å². The van der Waals surface area contributed by atoms with Crippen molar-refractivity contribution in [2.75, 3.05) is 26.8 Å². The van der Waals surface area contributed by atoms with Gasteiger partial charge in [-0.1, -0.05) is 97.5 Å². The number of hydrogen-bond donors (Lipinski definition) is 2. The highest BCUT2D eigenvalue weighted by molar-refractivity contribution is 5.76. The van der Waals surface area contributed by atoms with E-state index < -0.39 is 12.1 Å². The summed E-state index contributed by atoms with van der Waals surface area (Å²) in [6, 6.07) is 8.80. The van der Waals surface area contributed by atoms with Crippen LogP contribution in [0.4, 0.5) is 0 Å². The number of rotatable bonds is 21. The number of nitrogens with one attached hydrogen (secondary N) is 1. The van der Waals surface area contributed by atoms with Crippen molar-refractivity contribution >= 4 is 5.91 Å². The SMILES string of the molecule is C.CCCCCCCCCCCCCCCC(=O)N[C@H](CN(C)Cc1ccco1)[C@H](O)c1ccc2c(c1)OCCO2. The third-order valence-corrected chi connectivity index (χ3v) is 7.66. The van der Waals surface area contributed by atoms with Gasteiger partial charge in [0.05, 0.1) is 18.8 Å². The lowest BCUT2D eigenvalue weighted by Crippen LogP contribution is -2.46. The zero-order valence-corrected chi connectivity index (χ0v) is 24.9. The van der Waals surface area contributed by atoms with Crippen molar-refractivity contribution in [1.82, 2.24) is 10.2 Å². The van der Waals surface area contributed by atoms with Crippen LogP contribution >= 0.6 is 0 Å². The van der Waals surface area contributed by atoms with Crippen molar-refractivity contribution in [3.63, 3.8) is 0 Å². The number of likely N-dealkylation sites (N-methyl/N-ethyl adjacent to an activating group) is 1. The van der Waals surface area contributed by atoms with Crippen LogP contribution in [0.5, 0.6) is 11.5 Å². The molecule has 7 heteroatoms. The van der Waals surface area contributed by atoms with E-state index in [2.05, 4.69) is 17.1 Å². The van der Waals surface area contributed by atoms with E-state index in [0.29, 0.717) is 49.8 Å². The lowest BCUT2D eigenvalue weighted by Gasteiger charge is -2.29. The van der Waals surface area contributed by atoms with Crippen LogP contribution in [0.1, 0.15) is 122 Å². The first-order chi connectivity index (χ1) is 19.6. The normalized spacial score (nSPS) is 14.0. The summed E-state index contributed by atoms with van der Waals surface area (Å²) in [5.41, 5.74) is 0.696. The molecule has 1 aromatic carbocycles. The summed E-state index contributed by atoms with van der Waals surface area (Å²) in [6.45, 7) is 4.33. The number of nitrogens with zero attached hydrogens (tertiary/aromatic N) is 1. The van der Waals surface area contributed by atoms with E-state index in [1.165, 1.54) is 70.6 Å². The van der Waals surface area contributed by atoms with Crippen molar-refractivity contribution in [3.8, 4) is 11.5 Å². The van der Waals surface area contributed by atoms with Crippen LogP contribution in [-0.4, -0.2) is 48.8 Å². The number of hydrogen-bond acceptors (Lipinski definition) is 6. The molecule has 2 heterocycles. The minimum absolute atomic E-state index is 0. The van der Waals surface area contributed by atoms with Gasteiger partial charge in [0.1, 0.15) is 25.1 Å². The van der Waals surface area contributed by atoms with Crippen LogP contribution in [0.3, 0.4) is 0 Å². The van der Waals surface area contributed by atoms with Crippen molar-refractivity contribution < 1.29 is 23.8 Å². The summed E-state index contributed by atoms with van der Waals surface area (Å²) in [6.07, 6.45) is 17.8. The van der Waals surface area contributed by atoms with Crippen LogP contribution in [0, 0.1) is 0 Å². The maximum Gasteiger partial charge on any atom is 0.220 e. The fourth-order valence-corrected chi connectivity index (χ4v) is 5.35. The molecule has 41 heavy (non-hydrogen) atoms. The van der Waals surface area contributed by atoms with E-state index >= 15 is 0 Å². The van der Waals surface area contributed by atoms with Gasteiger partial charge in [0, 0.05) is 13.0 Å². The Morgan fingerprint density at radius 2 is 1.51 bits per heavy atom. The standard InChI is InChI=1S/C33H52N2O5.CH4/c1-3-4-5-6-7-8-9-10-11-12-13-14-15-18-32(36)34-29(26-35(2)25-28-17-16-21-38-28)33(37)27-19-20-30-31(24-27)40-23-22-39-30;/h16-17,19-21,24,29,33,37H,3-15,18,22-23,25-26H2,1-2H3,(H,34,36);1H4/t29-,33-;/m1./s1. The summed E-state index contributed by atoms with van der Waals surface area (Å²) in [4.78, 5) is 15.0. The first kappa shape index (κ1) is 34.7. The molecule has 2 aromatic rings. The van der Waals surface area contributed by atoms with Gasteiger partial charge in [-0.2, -0.15) is 0 Å². The van der Waals surface area contributed by atoms with Crippen molar-refractivity contribution in [3.05, 3.63) is 47.9 Å². The number of amides is 1. The number of benzene rings is 1. The van der Waals surface area contributed by atoms with Crippen molar-refractivity contribution in [2.24, 2.45) is 0 Å². The Labute approximate surface area is 249 Å². The van der Waals surface area contributed by atoms with Gasteiger partial charge < -0.3 is 24.3 Å². The number of carbonyl (C=O) groups is 1. The summed E-state index contributed by atoms with van der Waals surface area (Å²) in [7, 11) is 1.96. The Balaban J connectivity index is 0.00000588. The molecule has 0 saturated carbocycles. The van der Waals surface area contributed by atoms with E-state index in [1.54, 1.807) is 6.26 Å². The Morgan fingerprint density at radius 1 is 0.902 bits per heavy atom. The van der Waals surface area contributed by atoms with Gasteiger partial charge >= 0.3 is 0 Å². The Bertz CT molecular complexity index is 949. The highest BCUT2D eigenvalue weighted by Gasteiger charge is 2.26. The first-order valence-electron chi connectivity index (χ1n) is 15.6. The van der Waals surface area contributed by atoms with E-state index in [-0.39, 0.29) is 13.3 Å². The minimum atomic E-state index is -0.884. The smallest absolute Gasteiger partial charge is 0.220 e. The Morgan fingerprint density at radius 3 is 2.12 bits per heavy atom. The molecule has 7 nitrogen and oxygen atoms in total. The number of unbranched alkanes of at least 4 members (excludes halogenated alkanes) is 12. The van der Waals surface area contributed by atoms with E-state index in [0.717, 1.165) is 18.6 Å². The second-order valence-corrected chi connectivity index (χ2v) is 11.3. The van der Waals surface area contributed by atoms with E-state index in [9.17, 15) is 9.90 Å². The third-order valence-electron chi connectivity index (χ3n) is 7.66. The Kier molecular flexibility index (Phi) is 17.2. The quantitative estimate of drug-likeness (QED) is 0.148. The van der Waals surface area contributed by atoms with E-state index in [4.69, 9.17) is 13.9 Å². The van der Waals surface area contributed by atoms with Gasteiger partial charge in [0.2, 0.25) is 5.91 Å². The fourth-order valence-electron chi connectivity index (χ4n) is 5.35. The van der Waals surface area contributed by atoms with Crippen LogP contribution < -0.4 is 14.8 Å². The number of carbonyl (C=O) groups excluding carboxylic acids is 1. The lowest BCUT2D eigenvalue weighted by molar-refractivity contribution is -0.123. The zero-order valence-electron chi connectivity index (χ0n) is 24.9. The monoisotopic (exact) mass is 572 g/mol. The van der Waals surface area contributed by atoms with Gasteiger partial charge in [-0.05, 0) is 43.3 Å². The molecule has 2 atom stereocenters. The minimum Gasteiger partial charge on any atom is -0.486 e. The topological polar surface area (TPSA) is 84.2 Å². The number of aliphatic hydroxyl groups excluding tert-OH is 1. The van der Waals surface area contributed by atoms with Crippen LogP contribution in [0.2, 0.25) is 0 Å². The first-order valence-corrected chi connectivity index (χ1v) is 15.6. The zero-order chi connectivity index (χ0) is 28.4. The van der Waals surface area contributed by atoms with Gasteiger partial charge in [-0.15, -0.1) is 0 Å². The maximum absolute atomic E-state index is 12.9. The van der Waals surface area contributed by atoms with Gasteiger partial charge in [-0.3, -0.25) is 9.69 Å². The van der Waals surface area contributed by atoms with Crippen LogP contribution in [0.25, 0.3) is 0 Å². The highest BCUT2D eigenvalue weighted by Crippen LogP contribution is 2.33. The molecule has 1 aromatic heterocycles. The number of fused-ring (bicyclic) bond motifs is 1. The molecule has 0 bridgehead atoms. The molecule has 1 amide bonds. The number of aliphatic hydroxyl groups is 1. The molecule has 232 valence electrons.